The second-order valence-electron chi connectivity index (χ2n) is 3.56. The van der Waals surface area contributed by atoms with Crippen molar-refractivity contribution in [1.29, 1.82) is 0 Å². The van der Waals surface area contributed by atoms with E-state index in [0.29, 0.717) is 6.04 Å². The van der Waals surface area contributed by atoms with E-state index in [1.54, 1.807) is 0 Å². The second kappa shape index (κ2) is 8.57. The van der Waals surface area contributed by atoms with Crippen molar-refractivity contribution >= 4 is 11.6 Å². The van der Waals surface area contributed by atoms with Crippen molar-refractivity contribution in [2.45, 2.75) is 19.9 Å². The number of rotatable bonds is 4. The lowest BCUT2D eigenvalue weighted by molar-refractivity contribution is 0.294. The highest BCUT2D eigenvalue weighted by atomic mass is 35.5. The number of nitrogens with zero attached hydrogens (tertiary/aromatic N) is 1. The van der Waals surface area contributed by atoms with Crippen LogP contribution in [0.2, 0.25) is 5.02 Å². The zero-order chi connectivity index (χ0) is 12.6. The van der Waals surface area contributed by atoms with Crippen molar-refractivity contribution in [2.75, 3.05) is 27.7 Å². The maximum Gasteiger partial charge on any atom is 0.0481 e. The third kappa shape index (κ3) is 4.52. The Bertz CT molecular complexity index is 287. The van der Waals surface area contributed by atoms with Crippen LogP contribution < -0.4 is 5.32 Å². The van der Waals surface area contributed by atoms with Gasteiger partial charge in [-0.05, 0) is 32.8 Å². The summed E-state index contributed by atoms with van der Waals surface area (Å²) in [7, 11) is 6.07. The molecular weight excluding hydrogens is 220 g/mol. The Morgan fingerprint density at radius 1 is 1.25 bits per heavy atom. The monoisotopic (exact) mass is 242 g/mol. The topological polar surface area (TPSA) is 15.3 Å². The fourth-order valence-electron chi connectivity index (χ4n) is 1.51. The molecular formula is C13H23ClN2. The van der Waals surface area contributed by atoms with E-state index < -0.39 is 0 Å². The van der Waals surface area contributed by atoms with Gasteiger partial charge in [0.2, 0.25) is 0 Å². The molecule has 92 valence electrons. The highest BCUT2D eigenvalue weighted by Gasteiger charge is 2.15. The van der Waals surface area contributed by atoms with Crippen LogP contribution in [0.4, 0.5) is 0 Å². The number of benzene rings is 1. The fraction of sp³-hybridized carbons (Fsp3) is 0.538. The molecule has 0 fully saturated rings. The molecule has 2 nitrogen and oxygen atoms in total. The molecule has 3 heteroatoms. The lowest BCUT2D eigenvalue weighted by Gasteiger charge is -2.25. The van der Waals surface area contributed by atoms with Crippen LogP contribution in [-0.4, -0.2) is 32.6 Å². The molecule has 0 radical (unpaired) electrons. The molecule has 0 bridgehead atoms. The van der Waals surface area contributed by atoms with Crippen LogP contribution in [0.3, 0.4) is 0 Å². The number of nitrogens with one attached hydrogen (secondary N) is 1. The first kappa shape index (κ1) is 15.4. The molecule has 0 heterocycles. The smallest absolute Gasteiger partial charge is 0.0481 e. The second-order valence-corrected chi connectivity index (χ2v) is 3.97. The molecule has 0 saturated heterocycles. The van der Waals surface area contributed by atoms with Crippen molar-refractivity contribution in [3.05, 3.63) is 34.9 Å². The van der Waals surface area contributed by atoms with Gasteiger partial charge in [-0.3, -0.25) is 0 Å². The van der Waals surface area contributed by atoms with Crippen molar-refractivity contribution in [3.63, 3.8) is 0 Å². The van der Waals surface area contributed by atoms with E-state index >= 15 is 0 Å². The molecule has 1 N–H and O–H groups in total. The molecule has 0 spiro atoms. The summed E-state index contributed by atoms with van der Waals surface area (Å²) in [4.78, 5) is 2.16. The summed E-state index contributed by atoms with van der Waals surface area (Å²) in [5, 5.41) is 4.01. The summed E-state index contributed by atoms with van der Waals surface area (Å²) in [6, 6.07) is 8.31. The van der Waals surface area contributed by atoms with Gasteiger partial charge in [0.25, 0.3) is 0 Å². The molecule has 0 amide bonds. The van der Waals surface area contributed by atoms with Crippen molar-refractivity contribution < 1.29 is 0 Å². The zero-order valence-electron chi connectivity index (χ0n) is 10.9. The van der Waals surface area contributed by atoms with E-state index in [-0.39, 0.29) is 0 Å². The van der Waals surface area contributed by atoms with Crippen LogP contribution in [0.5, 0.6) is 0 Å². The highest BCUT2D eigenvalue weighted by molar-refractivity contribution is 6.31. The first-order chi connectivity index (χ1) is 7.66. The quantitative estimate of drug-likeness (QED) is 0.873. The van der Waals surface area contributed by atoms with Gasteiger partial charge in [0.05, 0.1) is 0 Å². The minimum atomic E-state index is 0.327. The van der Waals surface area contributed by atoms with E-state index in [4.69, 9.17) is 11.6 Å². The van der Waals surface area contributed by atoms with Crippen molar-refractivity contribution in [1.82, 2.24) is 10.2 Å². The Morgan fingerprint density at radius 2 is 1.81 bits per heavy atom. The first-order valence-corrected chi connectivity index (χ1v) is 6.10. The SMILES string of the molecule is CC.CNCC(c1ccccc1Cl)N(C)C. The standard InChI is InChI=1S/C11H17ClN2.C2H6/c1-13-8-11(14(2)3)9-6-4-5-7-10(9)12;1-2/h4-7,11,13H,8H2,1-3H3;1-2H3. The molecule has 0 saturated carbocycles. The van der Waals surface area contributed by atoms with Crippen molar-refractivity contribution in [3.8, 4) is 0 Å². The summed E-state index contributed by atoms with van der Waals surface area (Å²) in [5.41, 5.74) is 1.17. The lowest BCUT2D eigenvalue weighted by Crippen LogP contribution is -2.29. The Kier molecular flexibility index (Phi) is 8.26. The normalized spacial score (nSPS) is 11.9. The third-order valence-electron chi connectivity index (χ3n) is 2.29. The van der Waals surface area contributed by atoms with E-state index in [1.165, 1.54) is 5.56 Å². The number of hydrogen-bond donors (Lipinski definition) is 1. The van der Waals surface area contributed by atoms with Crippen LogP contribution in [0.1, 0.15) is 25.5 Å². The van der Waals surface area contributed by atoms with Gasteiger partial charge in [0.15, 0.2) is 0 Å². The molecule has 16 heavy (non-hydrogen) atoms. The molecule has 1 unspecified atom stereocenters. The molecule has 0 aromatic heterocycles. The largest absolute Gasteiger partial charge is 0.318 e. The Balaban J connectivity index is 0.00000106. The molecule has 0 aliphatic carbocycles. The Hall–Kier alpha value is -0.570. The average Bonchev–Trinajstić information content (AvgIpc) is 2.29. The van der Waals surface area contributed by atoms with Crippen LogP contribution >= 0.6 is 11.6 Å². The molecule has 1 aromatic rings. The predicted molar refractivity (Wildman–Crippen MR) is 73.2 cm³/mol. The van der Waals surface area contributed by atoms with E-state index in [2.05, 4.69) is 30.4 Å². The van der Waals surface area contributed by atoms with Crippen LogP contribution in [0.15, 0.2) is 24.3 Å². The maximum absolute atomic E-state index is 6.14. The number of hydrogen-bond acceptors (Lipinski definition) is 2. The van der Waals surface area contributed by atoms with Gasteiger partial charge >= 0.3 is 0 Å². The highest BCUT2D eigenvalue weighted by Crippen LogP contribution is 2.25. The third-order valence-corrected chi connectivity index (χ3v) is 2.63. The van der Waals surface area contributed by atoms with Crippen LogP contribution in [-0.2, 0) is 0 Å². The molecule has 0 aliphatic heterocycles. The average molecular weight is 243 g/mol. The predicted octanol–water partition coefficient (Wildman–Crippen LogP) is 3.19. The van der Waals surface area contributed by atoms with Gasteiger partial charge in [0, 0.05) is 17.6 Å². The van der Waals surface area contributed by atoms with E-state index in [9.17, 15) is 0 Å². The van der Waals surface area contributed by atoms with E-state index in [1.807, 2.05) is 39.1 Å². The maximum atomic E-state index is 6.14. The summed E-state index contributed by atoms with van der Waals surface area (Å²) in [6.45, 7) is 4.90. The summed E-state index contributed by atoms with van der Waals surface area (Å²) in [5.74, 6) is 0. The number of likely N-dealkylation sites (N-methyl/N-ethyl adjacent to an activating group) is 2. The lowest BCUT2D eigenvalue weighted by atomic mass is 10.1. The Labute approximate surface area is 105 Å². The van der Waals surface area contributed by atoms with Gasteiger partial charge in [-0.15, -0.1) is 0 Å². The van der Waals surface area contributed by atoms with Gasteiger partial charge in [0.1, 0.15) is 0 Å². The van der Waals surface area contributed by atoms with Gasteiger partial charge in [-0.25, -0.2) is 0 Å². The minimum absolute atomic E-state index is 0.327. The molecule has 1 rings (SSSR count). The fourth-order valence-corrected chi connectivity index (χ4v) is 1.77. The van der Waals surface area contributed by atoms with Gasteiger partial charge < -0.3 is 10.2 Å². The summed E-state index contributed by atoms with van der Waals surface area (Å²) < 4.78 is 0. The Morgan fingerprint density at radius 3 is 2.25 bits per heavy atom. The molecule has 0 aliphatic rings. The molecule has 1 atom stereocenters. The van der Waals surface area contributed by atoms with Gasteiger partial charge in [-0.1, -0.05) is 43.6 Å². The van der Waals surface area contributed by atoms with Gasteiger partial charge in [-0.2, -0.15) is 0 Å². The minimum Gasteiger partial charge on any atom is -0.318 e. The van der Waals surface area contributed by atoms with Crippen LogP contribution in [0, 0.1) is 0 Å². The van der Waals surface area contributed by atoms with E-state index in [0.717, 1.165) is 11.6 Å². The molecule has 1 aromatic carbocycles. The summed E-state index contributed by atoms with van der Waals surface area (Å²) in [6.07, 6.45) is 0. The van der Waals surface area contributed by atoms with Crippen LogP contribution in [0.25, 0.3) is 0 Å². The summed E-state index contributed by atoms with van der Waals surface area (Å²) >= 11 is 6.14. The zero-order valence-corrected chi connectivity index (χ0v) is 11.7. The number of halogens is 1. The van der Waals surface area contributed by atoms with Crippen molar-refractivity contribution in [2.24, 2.45) is 0 Å². The first-order valence-electron chi connectivity index (χ1n) is 5.72.